The molecule has 2 heterocycles. The largest absolute Gasteiger partial charge is 0.493 e. The van der Waals surface area contributed by atoms with E-state index < -0.39 is 5.41 Å². The number of piperazine rings is 1. The first-order valence-electron chi connectivity index (χ1n) is 14.3. The summed E-state index contributed by atoms with van der Waals surface area (Å²) in [6.07, 6.45) is 5.05. The van der Waals surface area contributed by atoms with Gasteiger partial charge >= 0.3 is 0 Å². The number of amides is 3. The van der Waals surface area contributed by atoms with E-state index >= 15 is 0 Å². The fraction of sp³-hybridized carbons (Fsp3) is 0.364. The molecule has 0 atom stereocenters. The van der Waals surface area contributed by atoms with Gasteiger partial charge in [0, 0.05) is 32.2 Å². The maximum absolute atomic E-state index is 14.1. The zero-order chi connectivity index (χ0) is 28.6. The lowest BCUT2D eigenvalue weighted by Crippen LogP contribution is -2.55. The van der Waals surface area contributed by atoms with Crippen molar-refractivity contribution in [1.82, 2.24) is 4.90 Å². The second-order valence-corrected chi connectivity index (χ2v) is 11.0. The van der Waals surface area contributed by atoms with Gasteiger partial charge in [0.05, 0.1) is 42.1 Å². The van der Waals surface area contributed by atoms with Gasteiger partial charge in [0.15, 0.2) is 11.5 Å². The standard InChI is InChI=1S/C33H35N3O5/c1-40-27-15-14-24(22-28(27)41-2)36-30(37)25-12-9-13-26(29(25)31(36)38)34-18-20-35(21-19-34)32(39)33(16-7-4-8-17-33)23-10-5-3-6-11-23/h3,5-6,9-15,22H,4,7-8,16-21H2,1-2H3. The lowest BCUT2D eigenvalue weighted by Gasteiger charge is -2.44. The topological polar surface area (TPSA) is 79.4 Å². The molecule has 1 aliphatic carbocycles. The van der Waals surface area contributed by atoms with E-state index in [4.69, 9.17) is 9.47 Å². The lowest BCUT2D eigenvalue weighted by molar-refractivity contribution is -0.139. The van der Waals surface area contributed by atoms with Gasteiger partial charge in [-0.1, -0.05) is 55.7 Å². The van der Waals surface area contributed by atoms with Gasteiger partial charge in [0.25, 0.3) is 11.8 Å². The first-order chi connectivity index (χ1) is 20.0. The highest BCUT2D eigenvalue weighted by Crippen LogP contribution is 2.42. The number of anilines is 2. The second kappa shape index (κ2) is 10.9. The SMILES string of the molecule is COc1ccc(N2C(=O)c3cccc(N4CCN(C(=O)C5(c6ccccc6)CCCCC5)CC4)c3C2=O)cc1OC. The maximum Gasteiger partial charge on any atom is 0.268 e. The van der Waals surface area contributed by atoms with Crippen LogP contribution in [0, 0.1) is 0 Å². The van der Waals surface area contributed by atoms with Crippen molar-refractivity contribution in [2.24, 2.45) is 0 Å². The van der Waals surface area contributed by atoms with Gasteiger partial charge in [-0.25, -0.2) is 4.90 Å². The van der Waals surface area contributed by atoms with Crippen molar-refractivity contribution in [2.75, 3.05) is 50.2 Å². The van der Waals surface area contributed by atoms with Crippen LogP contribution in [-0.2, 0) is 10.2 Å². The fourth-order valence-corrected chi connectivity index (χ4v) is 6.72. The van der Waals surface area contributed by atoms with E-state index in [2.05, 4.69) is 17.0 Å². The summed E-state index contributed by atoms with van der Waals surface area (Å²) >= 11 is 0. The lowest BCUT2D eigenvalue weighted by atomic mass is 9.68. The van der Waals surface area contributed by atoms with Crippen LogP contribution in [0.3, 0.4) is 0 Å². The second-order valence-electron chi connectivity index (χ2n) is 11.0. The minimum Gasteiger partial charge on any atom is -0.493 e. The van der Waals surface area contributed by atoms with Crippen LogP contribution in [0.4, 0.5) is 11.4 Å². The van der Waals surface area contributed by atoms with Gasteiger partial charge in [0.1, 0.15) is 0 Å². The molecular weight excluding hydrogens is 518 g/mol. The van der Waals surface area contributed by atoms with Crippen LogP contribution in [0.25, 0.3) is 0 Å². The Morgan fingerprint density at radius 2 is 1.46 bits per heavy atom. The number of hydrogen-bond donors (Lipinski definition) is 0. The molecular formula is C33H35N3O5. The molecule has 3 aromatic carbocycles. The van der Waals surface area contributed by atoms with Gasteiger partial charge < -0.3 is 19.3 Å². The highest BCUT2D eigenvalue weighted by Gasteiger charge is 2.45. The maximum atomic E-state index is 14.1. The minimum atomic E-state index is -0.460. The Morgan fingerprint density at radius 3 is 2.15 bits per heavy atom. The van der Waals surface area contributed by atoms with E-state index in [-0.39, 0.29) is 17.7 Å². The monoisotopic (exact) mass is 553 g/mol. The van der Waals surface area contributed by atoms with Crippen LogP contribution >= 0.6 is 0 Å². The molecule has 1 saturated heterocycles. The molecule has 3 aromatic rings. The van der Waals surface area contributed by atoms with Crippen LogP contribution in [0.5, 0.6) is 11.5 Å². The van der Waals surface area contributed by atoms with Gasteiger partial charge in [-0.2, -0.15) is 0 Å². The number of nitrogens with zero attached hydrogens (tertiary/aromatic N) is 3. The molecule has 1 saturated carbocycles. The van der Waals surface area contributed by atoms with Gasteiger partial charge in [-0.3, -0.25) is 14.4 Å². The molecule has 0 unspecified atom stereocenters. The third-order valence-corrected chi connectivity index (χ3v) is 8.87. The number of benzene rings is 3. The number of carbonyl (C=O) groups is 3. The summed E-state index contributed by atoms with van der Waals surface area (Å²) in [6, 6.07) is 20.7. The predicted octanol–water partition coefficient (Wildman–Crippen LogP) is 5.06. The van der Waals surface area contributed by atoms with Crippen molar-refractivity contribution in [3.63, 3.8) is 0 Å². The molecule has 0 bridgehead atoms. The Morgan fingerprint density at radius 1 is 0.756 bits per heavy atom. The van der Waals surface area contributed by atoms with Crippen LogP contribution in [-0.4, -0.2) is 63.0 Å². The van der Waals surface area contributed by atoms with Crippen LogP contribution in [0.2, 0.25) is 0 Å². The molecule has 0 N–H and O–H groups in total. The third kappa shape index (κ3) is 4.51. The summed E-state index contributed by atoms with van der Waals surface area (Å²) in [6.45, 7) is 2.31. The smallest absolute Gasteiger partial charge is 0.268 e. The van der Waals surface area contributed by atoms with Crippen LogP contribution in [0.1, 0.15) is 58.4 Å². The summed E-state index contributed by atoms with van der Waals surface area (Å²) < 4.78 is 10.7. The Bertz CT molecular complexity index is 1470. The zero-order valence-electron chi connectivity index (χ0n) is 23.6. The van der Waals surface area contributed by atoms with E-state index in [1.807, 2.05) is 35.2 Å². The normalized spacial score (nSPS) is 18.3. The van der Waals surface area contributed by atoms with Crippen molar-refractivity contribution >= 4 is 29.1 Å². The Labute approximate surface area is 240 Å². The van der Waals surface area contributed by atoms with Gasteiger partial charge in [-0.05, 0) is 42.7 Å². The van der Waals surface area contributed by atoms with E-state index in [0.29, 0.717) is 54.5 Å². The quantitative estimate of drug-likeness (QED) is 0.398. The number of carbonyl (C=O) groups excluding carboxylic acids is 3. The van der Waals surface area contributed by atoms with Crippen molar-refractivity contribution in [1.29, 1.82) is 0 Å². The average molecular weight is 554 g/mol. The van der Waals surface area contributed by atoms with Gasteiger partial charge in [0.2, 0.25) is 5.91 Å². The van der Waals surface area contributed by atoms with Gasteiger partial charge in [-0.15, -0.1) is 0 Å². The first kappa shape index (κ1) is 26.9. The molecule has 6 rings (SSSR count). The summed E-state index contributed by atoms with van der Waals surface area (Å²) in [5, 5.41) is 0. The Balaban J connectivity index is 1.23. The molecule has 3 amide bonds. The number of fused-ring (bicyclic) bond motifs is 1. The molecule has 3 aliphatic rings. The molecule has 8 heteroatoms. The number of imide groups is 1. The predicted molar refractivity (Wildman–Crippen MR) is 157 cm³/mol. The molecule has 8 nitrogen and oxygen atoms in total. The summed E-state index contributed by atoms with van der Waals surface area (Å²) in [5.41, 5.74) is 2.59. The minimum absolute atomic E-state index is 0.215. The van der Waals surface area contributed by atoms with E-state index in [1.54, 1.807) is 24.3 Å². The number of ether oxygens (including phenoxy) is 2. The molecule has 0 aromatic heterocycles. The average Bonchev–Trinajstić information content (AvgIpc) is 3.30. The van der Waals surface area contributed by atoms with Crippen LogP contribution in [0.15, 0.2) is 66.7 Å². The molecule has 0 radical (unpaired) electrons. The summed E-state index contributed by atoms with van der Waals surface area (Å²) in [4.78, 5) is 46.6. The Hall–Kier alpha value is -4.33. The molecule has 212 valence electrons. The van der Waals surface area contributed by atoms with E-state index in [9.17, 15) is 14.4 Å². The molecule has 2 fully saturated rings. The summed E-state index contributed by atoms with van der Waals surface area (Å²) in [5.74, 6) is 0.441. The Kier molecular flexibility index (Phi) is 7.15. The van der Waals surface area contributed by atoms with Crippen molar-refractivity contribution in [3.05, 3.63) is 83.4 Å². The van der Waals surface area contributed by atoms with Crippen LogP contribution < -0.4 is 19.3 Å². The highest BCUT2D eigenvalue weighted by atomic mass is 16.5. The fourth-order valence-electron chi connectivity index (χ4n) is 6.72. The molecule has 0 spiro atoms. The number of methoxy groups -OCH3 is 2. The molecule has 2 aliphatic heterocycles. The highest BCUT2D eigenvalue weighted by molar-refractivity contribution is 6.36. The van der Waals surface area contributed by atoms with Crippen molar-refractivity contribution in [3.8, 4) is 11.5 Å². The third-order valence-electron chi connectivity index (χ3n) is 8.87. The zero-order valence-corrected chi connectivity index (χ0v) is 23.6. The first-order valence-corrected chi connectivity index (χ1v) is 14.3. The number of rotatable bonds is 6. The van der Waals surface area contributed by atoms with E-state index in [1.165, 1.54) is 25.5 Å². The van der Waals surface area contributed by atoms with E-state index in [0.717, 1.165) is 36.9 Å². The van der Waals surface area contributed by atoms with Crippen molar-refractivity contribution in [2.45, 2.75) is 37.5 Å². The molecule has 41 heavy (non-hydrogen) atoms. The summed E-state index contributed by atoms with van der Waals surface area (Å²) in [7, 11) is 3.05. The van der Waals surface area contributed by atoms with Crippen molar-refractivity contribution < 1.29 is 23.9 Å². The number of hydrogen-bond acceptors (Lipinski definition) is 6.